The van der Waals surface area contributed by atoms with E-state index in [1.165, 1.54) is 6.42 Å². The number of anilines is 1. The monoisotopic (exact) mass is 263 g/mol. The van der Waals surface area contributed by atoms with Crippen LogP contribution in [0.25, 0.3) is 0 Å². The highest BCUT2D eigenvalue weighted by Gasteiger charge is 2.27. The van der Waals surface area contributed by atoms with Crippen LogP contribution in [0.4, 0.5) is 5.69 Å². The summed E-state index contributed by atoms with van der Waals surface area (Å²) >= 11 is 0. The van der Waals surface area contributed by atoms with Gasteiger partial charge in [-0.1, -0.05) is 11.6 Å². The maximum absolute atomic E-state index is 11.4. The minimum absolute atomic E-state index is 0.136. The van der Waals surface area contributed by atoms with Gasteiger partial charge in [0.25, 0.3) is 0 Å². The van der Waals surface area contributed by atoms with E-state index in [9.17, 15) is 9.90 Å². The number of hydrogen-bond acceptors (Lipinski definition) is 3. The zero-order valence-corrected chi connectivity index (χ0v) is 11.3. The van der Waals surface area contributed by atoms with E-state index in [0.29, 0.717) is 24.6 Å². The number of carboxylic acids is 1. The number of hydrogen-bond donors (Lipinski definition) is 2. The lowest BCUT2D eigenvalue weighted by molar-refractivity contribution is 0.0697. The maximum Gasteiger partial charge on any atom is 0.337 e. The molecule has 0 aliphatic heterocycles. The van der Waals surface area contributed by atoms with E-state index in [4.69, 9.17) is 5.11 Å². The number of nitrogens with zero attached hydrogens (tertiary/aromatic N) is 1. The summed E-state index contributed by atoms with van der Waals surface area (Å²) in [5.41, 5.74) is 2.11. The van der Waals surface area contributed by atoms with Crippen LogP contribution in [-0.2, 0) is 0 Å². The fourth-order valence-corrected chi connectivity index (χ4v) is 2.51. The molecule has 0 radical (unpaired) electrons. The molecule has 1 aromatic rings. The molecule has 0 atom stereocenters. The molecular formula is C15H21NO3. The number of rotatable bonds is 6. The Morgan fingerprint density at radius 2 is 2.16 bits per heavy atom. The van der Waals surface area contributed by atoms with Crippen LogP contribution < -0.4 is 4.90 Å². The second-order valence-corrected chi connectivity index (χ2v) is 5.18. The summed E-state index contributed by atoms with van der Waals surface area (Å²) < 4.78 is 0. The van der Waals surface area contributed by atoms with Gasteiger partial charge in [0.2, 0.25) is 0 Å². The number of aliphatic hydroxyl groups is 1. The van der Waals surface area contributed by atoms with Gasteiger partial charge in [0.15, 0.2) is 0 Å². The van der Waals surface area contributed by atoms with Crippen molar-refractivity contribution in [3.8, 4) is 0 Å². The van der Waals surface area contributed by atoms with Crippen LogP contribution in [0.15, 0.2) is 18.2 Å². The van der Waals surface area contributed by atoms with E-state index in [-0.39, 0.29) is 6.61 Å². The fraction of sp³-hybridized carbons (Fsp3) is 0.533. The molecule has 19 heavy (non-hydrogen) atoms. The van der Waals surface area contributed by atoms with Crippen LogP contribution >= 0.6 is 0 Å². The van der Waals surface area contributed by atoms with Gasteiger partial charge in [-0.2, -0.15) is 0 Å². The predicted octanol–water partition coefficient (Wildman–Crippen LogP) is 2.43. The molecule has 0 bridgehead atoms. The lowest BCUT2D eigenvalue weighted by Crippen LogP contribution is -2.42. The van der Waals surface area contributed by atoms with E-state index in [1.54, 1.807) is 6.07 Å². The van der Waals surface area contributed by atoms with Gasteiger partial charge < -0.3 is 15.1 Å². The minimum atomic E-state index is -0.882. The van der Waals surface area contributed by atoms with E-state index >= 15 is 0 Å². The van der Waals surface area contributed by atoms with Crippen molar-refractivity contribution in [2.45, 2.75) is 38.6 Å². The minimum Gasteiger partial charge on any atom is -0.478 e. The number of aliphatic hydroxyl groups excluding tert-OH is 1. The van der Waals surface area contributed by atoms with E-state index in [0.717, 1.165) is 24.1 Å². The van der Waals surface area contributed by atoms with Crippen molar-refractivity contribution in [1.82, 2.24) is 0 Å². The number of carboxylic acid groups (broad SMARTS) is 1. The Labute approximate surface area is 113 Å². The molecule has 0 saturated heterocycles. The maximum atomic E-state index is 11.4. The molecule has 104 valence electrons. The van der Waals surface area contributed by atoms with Crippen LogP contribution in [0.1, 0.15) is 41.6 Å². The van der Waals surface area contributed by atoms with Gasteiger partial charge >= 0.3 is 5.97 Å². The Morgan fingerprint density at radius 1 is 1.42 bits per heavy atom. The molecule has 0 unspecified atom stereocenters. The Morgan fingerprint density at radius 3 is 2.68 bits per heavy atom. The third-order valence-corrected chi connectivity index (χ3v) is 3.76. The SMILES string of the molecule is Cc1ccc(N(CCCO)C2CCC2)c(C(=O)O)c1. The molecule has 4 heteroatoms. The van der Waals surface area contributed by atoms with Crippen LogP contribution in [0.2, 0.25) is 0 Å². The number of aromatic carboxylic acids is 1. The quantitative estimate of drug-likeness (QED) is 0.827. The molecule has 2 N–H and O–H groups in total. The van der Waals surface area contributed by atoms with E-state index in [1.807, 2.05) is 19.1 Å². The van der Waals surface area contributed by atoms with Crippen LogP contribution in [0.5, 0.6) is 0 Å². The molecule has 0 aromatic heterocycles. The average Bonchev–Trinajstić information content (AvgIpc) is 2.32. The second kappa shape index (κ2) is 6.06. The summed E-state index contributed by atoms with van der Waals surface area (Å²) in [6, 6.07) is 6.00. The van der Waals surface area contributed by atoms with Crippen molar-refractivity contribution in [1.29, 1.82) is 0 Å². The Hall–Kier alpha value is -1.55. The Bertz CT molecular complexity index is 455. The van der Waals surface area contributed by atoms with E-state index in [2.05, 4.69) is 4.90 Å². The molecule has 2 rings (SSSR count). The van der Waals surface area contributed by atoms with Gasteiger partial charge in [-0.25, -0.2) is 4.79 Å². The molecule has 0 amide bonds. The van der Waals surface area contributed by atoms with Crippen LogP contribution in [0.3, 0.4) is 0 Å². The summed E-state index contributed by atoms with van der Waals surface area (Å²) in [5, 5.41) is 18.4. The normalized spacial score (nSPS) is 15.1. The summed E-state index contributed by atoms with van der Waals surface area (Å²) in [6.45, 7) is 2.75. The van der Waals surface area contributed by atoms with E-state index < -0.39 is 5.97 Å². The van der Waals surface area contributed by atoms with Crippen molar-refractivity contribution >= 4 is 11.7 Å². The van der Waals surface area contributed by atoms with Crippen molar-refractivity contribution in [2.24, 2.45) is 0 Å². The highest BCUT2D eigenvalue weighted by atomic mass is 16.4. The van der Waals surface area contributed by atoms with Gasteiger partial charge in [-0.15, -0.1) is 0 Å². The first-order valence-electron chi connectivity index (χ1n) is 6.85. The van der Waals surface area contributed by atoms with Crippen molar-refractivity contribution < 1.29 is 15.0 Å². The van der Waals surface area contributed by atoms with Gasteiger partial charge in [-0.3, -0.25) is 0 Å². The highest BCUT2D eigenvalue weighted by molar-refractivity contribution is 5.94. The number of benzene rings is 1. The number of aryl methyl sites for hydroxylation is 1. The molecule has 1 aliphatic rings. The summed E-state index contributed by atoms with van der Waals surface area (Å²) in [6.07, 6.45) is 4.09. The first-order valence-corrected chi connectivity index (χ1v) is 6.85. The molecule has 1 saturated carbocycles. The summed E-state index contributed by atoms with van der Waals surface area (Å²) in [5.74, 6) is -0.882. The largest absolute Gasteiger partial charge is 0.478 e. The van der Waals surface area contributed by atoms with Crippen molar-refractivity contribution in [3.05, 3.63) is 29.3 Å². The fourth-order valence-electron chi connectivity index (χ4n) is 2.51. The highest BCUT2D eigenvalue weighted by Crippen LogP contribution is 2.32. The Kier molecular flexibility index (Phi) is 4.43. The third-order valence-electron chi connectivity index (χ3n) is 3.76. The number of carbonyl (C=O) groups is 1. The summed E-state index contributed by atoms with van der Waals surface area (Å²) in [4.78, 5) is 13.6. The van der Waals surface area contributed by atoms with Gasteiger partial charge in [0, 0.05) is 19.2 Å². The van der Waals surface area contributed by atoms with Gasteiger partial charge in [0.1, 0.15) is 0 Å². The smallest absolute Gasteiger partial charge is 0.337 e. The van der Waals surface area contributed by atoms with Crippen LogP contribution in [0, 0.1) is 6.92 Å². The molecule has 0 heterocycles. The second-order valence-electron chi connectivity index (χ2n) is 5.18. The molecule has 4 nitrogen and oxygen atoms in total. The van der Waals surface area contributed by atoms with Crippen molar-refractivity contribution in [3.63, 3.8) is 0 Å². The first kappa shape index (κ1) is 13.9. The molecule has 1 aromatic carbocycles. The lowest BCUT2D eigenvalue weighted by Gasteiger charge is -2.40. The zero-order valence-electron chi connectivity index (χ0n) is 11.3. The molecule has 1 aliphatic carbocycles. The Balaban J connectivity index is 2.31. The van der Waals surface area contributed by atoms with Gasteiger partial charge in [-0.05, 0) is 44.7 Å². The third kappa shape index (κ3) is 3.07. The standard InChI is InChI=1S/C15H21NO3/c1-11-6-7-14(13(10-11)15(18)19)16(8-3-9-17)12-4-2-5-12/h6-7,10,12,17H,2-5,8-9H2,1H3,(H,18,19). The first-order chi connectivity index (χ1) is 9.13. The molecule has 1 fully saturated rings. The predicted molar refractivity (Wildman–Crippen MR) is 74.8 cm³/mol. The lowest BCUT2D eigenvalue weighted by atomic mass is 9.90. The van der Waals surface area contributed by atoms with Crippen LogP contribution in [-0.4, -0.2) is 35.4 Å². The van der Waals surface area contributed by atoms with Crippen molar-refractivity contribution in [2.75, 3.05) is 18.1 Å². The average molecular weight is 263 g/mol. The topological polar surface area (TPSA) is 60.8 Å². The zero-order chi connectivity index (χ0) is 13.8. The molecule has 0 spiro atoms. The summed E-state index contributed by atoms with van der Waals surface area (Å²) in [7, 11) is 0. The van der Waals surface area contributed by atoms with Gasteiger partial charge in [0.05, 0.1) is 11.3 Å². The molecular weight excluding hydrogens is 242 g/mol.